The Morgan fingerprint density at radius 2 is 1.61 bits per heavy atom. The van der Waals surface area contributed by atoms with Crippen molar-refractivity contribution >= 4 is 9.84 Å². The van der Waals surface area contributed by atoms with Crippen LogP contribution in [-0.4, -0.2) is 19.2 Å². The maximum Gasteiger partial charge on any atom is 0.175 e. The zero-order valence-corrected chi connectivity index (χ0v) is 13.6. The van der Waals surface area contributed by atoms with Gasteiger partial charge >= 0.3 is 0 Å². The molecule has 118 valence electrons. The molecule has 0 aliphatic heterocycles. The summed E-state index contributed by atoms with van der Waals surface area (Å²) in [7, 11) is -3.18. The molecule has 23 heavy (non-hydrogen) atoms. The fourth-order valence-electron chi connectivity index (χ4n) is 2.51. The van der Waals surface area contributed by atoms with Crippen molar-refractivity contribution in [1.29, 1.82) is 0 Å². The van der Waals surface area contributed by atoms with Gasteiger partial charge in [0.05, 0.1) is 10.6 Å². The van der Waals surface area contributed by atoms with Gasteiger partial charge in [-0.15, -0.1) is 0 Å². The summed E-state index contributed by atoms with van der Waals surface area (Å²) in [4.78, 5) is 0.322. The van der Waals surface area contributed by atoms with E-state index in [1.54, 1.807) is 12.1 Å². The summed E-state index contributed by atoms with van der Waals surface area (Å²) in [5.41, 5.74) is 9.76. The summed E-state index contributed by atoms with van der Waals surface area (Å²) < 4.78 is 25.2. The van der Waals surface area contributed by atoms with Gasteiger partial charge in [0.15, 0.2) is 9.84 Å². The molecular weight excluding hydrogens is 308 g/mol. The highest BCUT2D eigenvalue weighted by atomic mass is 32.2. The molecule has 0 aliphatic carbocycles. The Hall–Kier alpha value is -2.37. The zero-order chi connectivity index (χ0) is 16.4. The van der Waals surface area contributed by atoms with Crippen molar-refractivity contribution in [3.63, 3.8) is 0 Å². The van der Waals surface area contributed by atoms with Gasteiger partial charge in [0.2, 0.25) is 0 Å². The van der Waals surface area contributed by atoms with Crippen LogP contribution in [0, 0.1) is 0 Å². The molecule has 0 saturated carbocycles. The summed E-state index contributed by atoms with van der Waals surface area (Å²) in [5, 5.41) is 0. The molecular formula is C18H18N2O2S. The van der Waals surface area contributed by atoms with Crippen LogP contribution in [-0.2, 0) is 16.4 Å². The third-order valence-corrected chi connectivity index (χ3v) is 4.91. The van der Waals surface area contributed by atoms with Crippen molar-refractivity contribution < 1.29 is 8.42 Å². The molecule has 0 aliphatic rings. The lowest BCUT2D eigenvalue weighted by atomic mass is 10.1. The van der Waals surface area contributed by atoms with E-state index < -0.39 is 9.84 Å². The fourth-order valence-corrected chi connectivity index (χ4v) is 3.14. The Morgan fingerprint density at radius 1 is 0.957 bits per heavy atom. The van der Waals surface area contributed by atoms with E-state index in [0.29, 0.717) is 11.4 Å². The molecule has 3 rings (SSSR count). The molecule has 2 aromatic carbocycles. The lowest BCUT2D eigenvalue weighted by molar-refractivity contribution is 0.602. The second kappa shape index (κ2) is 6.02. The summed E-state index contributed by atoms with van der Waals surface area (Å²) in [6, 6.07) is 19.0. The van der Waals surface area contributed by atoms with Crippen molar-refractivity contribution in [3.05, 3.63) is 72.4 Å². The van der Waals surface area contributed by atoms with Gasteiger partial charge < -0.3 is 10.3 Å². The van der Waals surface area contributed by atoms with Gasteiger partial charge in [0.1, 0.15) is 0 Å². The van der Waals surface area contributed by atoms with Crippen LogP contribution in [0.25, 0.3) is 16.9 Å². The number of hydrogen-bond donors (Lipinski definition) is 1. The van der Waals surface area contributed by atoms with Gasteiger partial charge in [-0.2, -0.15) is 0 Å². The highest BCUT2D eigenvalue weighted by Gasteiger charge is 2.09. The Kier molecular flexibility index (Phi) is 4.07. The monoisotopic (exact) mass is 326 g/mol. The van der Waals surface area contributed by atoms with E-state index in [1.807, 2.05) is 59.3 Å². The average Bonchev–Trinajstić information content (AvgIpc) is 3.04. The molecule has 0 amide bonds. The summed E-state index contributed by atoms with van der Waals surface area (Å²) in [6.07, 6.45) is 3.17. The SMILES string of the molecule is CS(=O)(=O)c1ccc(-n2cccc2-c2ccc(CN)cc2)cc1. The predicted molar refractivity (Wildman–Crippen MR) is 92.2 cm³/mol. The van der Waals surface area contributed by atoms with Crippen molar-refractivity contribution in [2.75, 3.05) is 6.26 Å². The smallest absolute Gasteiger partial charge is 0.175 e. The van der Waals surface area contributed by atoms with Gasteiger partial charge in [-0.25, -0.2) is 8.42 Å². The maximum absolute atomic E-state index is 11.6. The number of nitrogens with two attached hydrogens (primary N) is 1. The molecule has 0 unspecified atom stereocenters. The van der Waals surface area contributed by atoms with Gasteiger partial charge in [-0.05, 0) is 47.5 Å². The molecule has 1 aromatic heterocycles. The zero-order valence-electron chi connectivity index (χ0n) is 12.8. The molecule has 0 atom stereocenters. The van der Waals surface area contributed by atoms with E-state index in [1.165, 1.54) is 6.26 Å². The molecule has 3 aromatic rings. The lowest BCUT2D eigenvalue weighted by Gasteiger charge is -2.10. The molecule has 5 heteroatoms. The quantitative estimate of drug-likeness (QED) is 0.801. The second-order valence-electron chi connectivity index (χ2n) is 5.43. The summed E-state index contributed by atoms with van der Waals surface area (Å²) in [6.45, 7) is 0.522. The van der Waals surface area contributed by atoms with Gasteiger partial charge in [0.25, 0.3) is 0 Å². The van der Waals surface area contributed by atoms with E-state index in [-0.39, 0.29) is 0 Å². The Balaban J connectivity index is 2.00. The van der Waals surface area contributed by atoms with Crippen LogP contribution in [0.2, 0.25) is 0 Å². The minimum atomic E-state index is -3.18. The van der Waals surface area contributed by atoms with Gasteiger partial charge in [0, 0.05) is 24.7 Å². The minimum Gasteiger partial charge on any atom is -0.326 e. The highest BCUT2D eigenvalue weighted by molar-refractivity contribution is 7.90. The second-order valence-corrected chi connectivity index (χ2v) is 7.45. The van der Waals surface area contributed by atoms with Crippen LogP contribution in [0.15, 0.2) is 71.8 Å². The first kappa shape index (κ1) is 15.5. The van der Waals surface area contributed by atoms with Crippen LogP contribution < -0.4 is 5.73 Å². The average molecular weight is 326 g/mol. The van der Waals surface area contributed by atoms with E-state index >= 15 is 0 Å². The van der Waals surface area contributed by atoms with Crippen LogP contribution in [0.4, 0.5) is 0 Å². The molecule has 0 fully saturated rings. The summed E-state index contributed by atoms with van der Waals surface area (Å²) >= 11 is 0. The van der Waals surface area contributed by atoms with Crippen molar-refractivity contribution in [3.8, 4) is 16.9 Å². The Bertz CT molecular complexity index is 908. The fraction of sp³-hybridized carbons (Fsp3) is 0.111. The van der Waals surface area contributed by atoms with Crippen molar-refractivity contribution in [1.82, 2.24) is 4.57 Å². The summed E-state index contributed by atoms with van der Waals surface area (Å²) in [5.74, 6) is 0. The van der Waals surface area contributed by atoms with Gasteiger partial charge in [-0.1, -0.05) is 24.3 Å². The van der Waals surface area contributed by atoms with Crippen molar-refractivity contribution in [2.24, 2.45) is 5.73 Å². The van der Waals surface area contributed by atoms with E-state index in [0.717, 1.165) is 22.5 Å². The molecule has 0 saturated heterocycles. The minimum absolute atomic E-state index is 0.322. The van der Waals surface area contributed by atoms with Gasteiger partial charge in [-0.3, -0.25) is 0 Å². The maximum atomic E-state index is 11.6. The Labute approximate surface area is 136 Å². The molecule has 0 spiro atoms. The largest absolute Gasteiger partial charge is 0.326 e. The van der Waals surface area contributed by atoms with Crippen LogP contribution in [0.1, 0.15) is 5.56 Å². The standard InChI is InChI=1S/C18H18N2O2S/c1-23(21,22)17-10-8-16(9-11-17)20-12-2-3-18(20)15-6-4-14(13-19)5-7-15/h2-12H,13,19H2,1H3. The molecule has 1 heterocycles. The number of benzene rings is 2. The topological polar surface area (TPSA) is 65.1 Å². The number of hydrogen-bond acceptors (Lipinski definition) is 3. The van der Waals surface area contributed by atoms with Crippen molar-refractivity contribution in [2.45, 2.75) is 11.4 Å². The third-order valence-electron chi connectivity index (χ3n) is 3.78. The first-order valence-corrected chi connectivity index (χ1v) is 9.15. The predicted octanol–water partition coefficient (Wildman–Crippen LogP) is 3.01. The first-order valence-electron chi connectivity index (χ1n) is 7.26. The molecule has 0 radical (unpaired) electrons. The lowest BCUT2D eigenvalue weighted by Crippen LogP contribution is -1.99. The number of rotatable bonds is 4. The molecule has 4 nitrogen and oxygen atoms in total. The number of aromatic nitrogens is 1. The molecule has 2 N–H and O–H groups in total. The molecule has 0 bridgehead atoms. The highest BCUT2D eigenvalue weighted by Crippen LogP contribution is 2.25. The number of nitrogens with zero attached hydrogens (tertiary/aromatic N) is 1. The van der Waals surface area contributed by atoms with E-state index in [9.17, 15) is 8.42 Å². The first-order chi connectivity index (χ1) is 11.0. The number of sulfone groups is 1. The normalized spacial score (nSPS) is 11.6. The van der Waals surface area contributed by atoms with E-state index in [2.05, 4.69) is 0 Å². The van der Waals surface area contributed by atoms with E-state index in [4.69, 9.17) is 5.73 Å². The Morgan fingerprint density at radius 3 is 2.17 bits per heavy atom. The van der Waals surface area contributed by atoms with Crippen LogP contribution in [0.5, 0.6) is 0 Å². The van der Waals surface area contributed by atoms with Crippen LogP contribution in [0.3, 0.4) is 0 Å². The van der Waals surface area contributed by atoms with Crippen LogP contribution >= 0.6 is 0 Å². The third kappa shape index (κ3) is 3.21.